The van der Waals surface area contributed by atoms with Crippen LogP contribution in [0.15, 0.2) is 36.5 Å². The molecule has 0 aliphatic heterocycles. The van der Waals surface area contributed by atoms with Crippen molar-refractivity contribution < 1.29 is 0 Å². The number of H-pyrrole nitrogens is 1. The Morgan fingerprint density at radius 3 is 2.57 bits per heavy atom. The molecule has 5 nitrogen and oxygen atoms in total. The largest absolute Gasteiger partial charge is 0.308 e. The summed E-state index contributed by atoms with van der Waals surface area (Å²) in [6.45, 7) is 8.70. The lowest BCUT2D eigenvalue weighted by atomic mass is 10.2. The highest BCUT2D eigenvalue weighted by Gasteiger charge is 2.11. The Morgan fingerprint density at radius 1 is 1.09 bits per heavy atom. The van der Waals surface area contributed by atoms with Gasteiger partial charge in [-0.15, -0.1) is 0 Å². The fraction of sp³-hybridized carbons (Fsp3) is 0.333. The summed E-state index contributed by atoms with van der Waals surface area (Å²) in [4.78, 5) is 0. The molecule has 0 aliphatic carbocycles. The van der Waals surface area contributed by atoms with Crippen LogP contribution in [-0.4, -0.2) is 20.0 Å². The molecule has 0 spiro atoms. The third-order valence-electron chi connectivity index (χ3n) is 4.26. The van der Waals surface area contributed by atoms with Crippen molar-refractivity contribution in [3.8, 4) is 0 Å². The molecule has 3 rings (SSSR count). The summed E-state index contributed by atoms with van der Waals surface area (Å²) in [5.41, 5.74) is 7.19. The molecular formula is C18H23N5. The SMILES string of the molecule is Cc1nn(Cc2ccccc2)c(C)c1CNCc1cn[nH]c1C. The maximum absolute atomic E-state index is 4.70. The van der Waals surface area contributed by atoms with Gasteiger partial charge in [-0.05, 0) is 26.3 Å². The molecule has 0 unspecified atom stereocenters. The van der Waals surface area contributed by atoms with E-state index in [9.17, 15) is 0 Å². The maximum Gasteiger partial charge on any atom is 0.0662 e. The summed E-state index contributed by atoms with van der Waals surface area (Å²) in [5, 5.41) is 15.2. The van der Waals surface area contributed by atoms with Gasteiger partial charge in [0.05, 0.1) is 18.4 Å². The summed E-state index contributed by atoms with van der Waals surface area (Å²) in [6.07, 6.45) is 1.88. The third-order valence-corrected chi connectivity index (χ3v) is 4.26. The van der Waals surface area contributed by atoms with Crippen LogP contribution in [0.4, 0.5) is 0 Å². The summed E-state index contributed by atoms with van der Waals surface area (Å²) in [5.74, 6) is 0. The van der Waals surface area contributed by atoms with Crippen LogP contribution in [-0.2, 0) is 19.6 Å². The first-order valence-corrected chi connectivity index (χ1v) is 7.91. The van der Waals surface area contributed by atoms with Crippen molar-refractivity contribution in [2.24, 2.45) is 0 Å². The van der Waals surface area contributed by atoms with Gasteiger partial charge >= 0.3 is 0 Å². The molecule has 5 heteroatoms. The topological polar surface area (TPSA) is 58.5 Å². The lowest BCUT2D eigenvalue weighted by molar-refractivity contribution is 0.652. The van der Waals surface area contributed by atoms with Crippen molar-refractivity contribution in [2.75, 3.05) is 0 Å². The molecular weight excluding hydrogens is 286 g/mol. The average molecular weight is 309 g/mol. The van der Waals surface area contributed by atoms with Crippen LogP contribution in [0, 0.1) is 20.8 Å². The number of aromatic amines is 1. The Kier molecular flexibility index (Phi) is 4.57. The van der Waals surface area contributed by atoms with Gasteiger partial charge in [-0.3, -0.25) is 9.78 Å². The van der Waals surface area contributed by atoms with Crippen molar-refractivity contribution >= 4 is 0 Å². The van der Waals surface area contributed by atoms with Gasteiger partial charge in [0.15, 0.2) is 0 Å². The molecule has 23 heavy (non-hydrogen) atoms. The van der Waals surface area contributed by atoms with Gasteiger partial charge in [-0.2, -0.15) is 10.2 Å². The zero-order valence-corrected chi connectivity index (χ0v) is 13.9. The van der Waals surface area contributed by atoms with E-state index < -0.39 is 0 Å². The fourth-order valence-corrected chi connectivity index (χ4v) is 2.78. The number of hydrogen-bond donors (Lipinski definition) is 2. The van der Waals surface area contributed by atoms with Crippen LogP contribution in [0.2, 0.25) is 0 Å². The third kappa shape index (κ3) is 3.51. The molecule has 0 atom stereocenters. The molecule has 0 saturated heterocycles. The number of aromatic nitrogens is 4. The van der Waals surface area contributed by atoms with Gasteiger partial charge in [0.25, 0.3) is 0 Å². The molecule has 0 bridgehead atoms. The Balaban J connectivity index is 1.67. The Morgan fingerprint density at radius 2 is 1.87 bits per heavy atom. The highest BCUT2D eigenvalue weighted by atomic mass is 15.3. The van der Waals surface area contributed by atoms with Crippen LogP contribution in [0.3, 0.4) is 0 Å². The monoisotopic (exact) mass is 309 g/mol. The molecule has 120 valence electrons. The smallest absolute Gasteiger partial charge is 0.0662 e. The molecule has 2 aromatic heterocycles. The highest BCUT2D eigenvalue weighted by Crippen LogP contribution is 2.15. The minimum Gasteiger partial charge on any atom is -0.308 e. The normalized spacial score (nSPS) is 11.1. The molecule has 0 saturated carbocycles. The number of aryl methyl sites for hydroxylation is 2. The van der Waals surface area contributed by atoms with E-state index in [4.69, 9.17) is 5.10 Å². The van der Waals surface area contributed by atoms with Gasteiger partial charge in [0.1, 0.15) is 0 Å². The Labute approximate surface area is 136 Å². The van der Waals surface area contributed by atoms with Crippen LogP contribution >= 0.6 is 0 Å². The highest BCUT2D eigenvalue weighted by molar-refractivity contribution is 5.26. The second kappa shape index (κ2) is 6.79. The quantitative estimate of drug-likeness (QED) is 0.736. The minimum atomic E-state index is 0.811. The van der Waals surface area contributed by atoms with Gasteiger partial charge in [-0.25, -0.2) is 0 Å². The number of nitrogens with zero attached hydrogens (tertiary/aromatic N) is 3. The predicted octanol–water partition coefficient (Wildman–Crippen LogP) is 2.87. The summed E-state index contributed by atoms with van der Waals surface area (Å²) in [7, 11) is 0. The van der Waals surface area contributed by atoms with E-state index in [0.717, 1.165) is 31.0 Å². The summed E-state index contributed by atoms with van der Waals surface area (Å²) < 4.78 is 2.09. The maximum atomic E-state index is 4.70. The molecule has 2 N–H and O–H groups in total. The second-order valence-corrected chi connectivity index (χ2v) is 5.92. The molecule has 1 aromatic carbocycles. The van der Waals surface area contributed by atoms with E-state index >= 15 is 0 Å². The molecule has 2 heterocycles. The molecule has 0 radical (unpaired) electrons. The Bertz CT molecular complexity index is 770. The zero-order valence-electron chi connectivity index (χ0n) is 13.9. The van der Waals surface area contributed by atoms with Crippen molar-refractivity contribution in [1.82, 2.24) is 25.3 Å². The standard InChI is InChI=1S/C18H23N5/c1-13-17(10-20-21-13)9-19-11-18-14(2)22-23(15(18)3)12-16-7-5-4-6-8-16/h4-8,10,19H,9,11-12H2,1-3H3,(H,20,21). The van der Waals surface area contributed by atoms with Gasteiger partial charge in [0, 0.05) is 35.6 Å². The van der Waals surface area contributed by atoms with Crippen LogP contribution < -0.4 is 5.32 Å². The van der Waals surface area contributed by atoms with Crippen molar-refractivity contribution in [1.29, 1.82) is 0 Å². The first-order chi connectivity index (χ1) is 11.1. The van der Waals surface area contributed by atoms with Crippen LogP contribution in [0.25, 0.3) is 0 Å². The van der Waals surface area contributed by atoms with E-state index in [-0.39, 0.29) is 0 Å². The average Bonchev–Trinajstić information content (AvgIpc) is 3.06. The van der Waals surface area contributed by atoms with Gasteiger partial charge < -0.3 is 5.32 Å². The number of hydrogen-bond acceptors (Lipinski definition) is 3. The first kappa shape index (κ1) is 15.5. The zero-order chi connectivity index (χ0) is 16.2. The van der Waals surface area contributed by atoms with E-state index in [1.54, 1.807) is 0 Å². The van der Waals surface area contributed by atoms with E-state index in [1.165, 1.54) is 22.4 Å². The van der Waals surface area contributed by atoms with E-state index in [2.05, 4.69) is 58.3 Å². The molecule has 0 fully saturated rings. The van der Waals surface area contributed by atoms with Gasteiger partial charge in [0.2, 0.25) is 0 Å². The fourth-order valence-electron chi connectivity index (χ4n) is 2.78. The van der Waals surface area contributed by atoms with Crippen molar-refractivity contribution in [2.45, 2.75) is 40.4 Å². The van der Waals surface area contributed by atoms with Crippen molar-refractivity contribution in [3.63, 3.8) is 0 Å². The van der Waals surface area contributed by atoms with E-state index in [0.29, 0.717) is 0 Å². The van der Waals surface area contributed by atoms with Crippen molar-refractivity contribution in [3.05, 3.63) is 70.3 Å². The van der Waals surface area contributed by atoms with E-state index in [1.807, 2.05) is 19.2 Å². The lowest BCUT2D eigenvalue weighted by Gasteiger charge is -2.07. The van der Waals surface area contributed by atoms with Gasteiger partial charge in [-0.1, -0.05) is 30.3 Å². The van der Waals surface area contributed by atoms with Crippen LogP contribution in [0.1, 0.15) is 33.8 Å². The molecule has 0 aliphatic rings. The number of rotatable bonds is 6. The predicted molar refractivity (Wildman–Crippen MR) is 91.1 cm³/mol. The molecule has 3 aromatic rings. The lowest BCUT2D eigenvalue weighted by Crippen LogP contribution is -2.14. The van der Waals surface area contributed by atoms with Crippen LogP contribution in [0.5, 0.6) is 0 Å². The second-order valence-electron chi connectivity index (χ2n) is 5.92. The number of benzene rings is 1. The Hall–Kier alpha value is -2.40. The summed E-state index contributed by atoms with van der Waals surface area (Å²) >= 11 is 0. The molecule has 0 amide bonds. The first-order valence-electron chi connectivity index (χ1n) is 7.91. The minimum absolute atomic E-state index is 0.811. The summed E-state index contributed by atoms with van der Waals surface area (Å²) in [6, 6.07) is 10.4. The number of nitrogens with one attached hydrogen (secondary N) is 2.